The molecular weight excluding hydrogens is 1750 g/mol. The van der Waals surface area contributed by atoms with Crippen LogP contribution in [-0.2, 0) is 97.7 Å². The molecule has 8 aliphatic heterocycles. The van der Waals surface area contributed by atoms with E-state index in [-0.39, 0.29) is 69.9 Å². The largest absolute Gasteiger partial charge is 0.385 e. The summed E-state index contributed by atoms with van der Waals surface area (Å²) in [4.78, 5) is 84.7. The number of hydrogen-bond donors (Lipinski definition) is 2. The van der Waals surface area contributed by atoms with E-state index in [2.05, 4.69) is 197 Å². The minimum absolute atomic E-state index is 0.132. The number of carbonyl (C=O) groups is 5. The first-order valence-electron chi connectivity index (χ1n) is 49.7. The zero-order valence-electron chi connectivity index (χ0n) is 83.1. The van der Waals surface area contributed by atoms with E-state index in [1.807, 2.05) is 168 Å². The van der Waals surface area contributed by atoms with Crippen molar-refractivity contribution in [1.82, 2.24) is 75.5 Å². The summed E-state index contributed by atoms with van der Waals surface area (Å²) >= 11 is 0. The Labute approximate surface area is 818 Å². The lowest BCUT2D eigenvalue weighted by Crippen LogP contribution is -2.54. The number of ether oxygens (including phenoxy) is 3. The molecule has 734 valence electrons. The van der Waals surface area contributed by atoms with Crippen molar-refractivity contribution in [2.45, 2.75) is 205 Å². The van der Waals surface area contributed by atoms with Crippen molar-refractivity contribution >= 4 is 58.6 Å². The third-order valence-electron chi connectivity index (χ3n) is 29.6. The summed E-state index contributed by atoms with van der Waals surface area (Å²) < 4.78 is 16.0. The van der Waals surface area contributed by atoms with Gasteiger partial charge in [-0.2, -0.15) is 25.5 Å². The Kier molecular flexibility index (Phi) is 31.5. The molecule has 139 heavy (non-hydrogen) atoms. The van der Waals surface area contributed by atoms with Crippen LogP contribution in [0.15, 0.2) is 182 Å². The van der Waals surface area contributed by atoms with E-state index in [1.54, 1.807) is 0 Å². The highest BCUT2D eigenvalue weighted by Gasteiger charge is 2.42. The molecule has 30 heteroatoms. The van der Waals surface area contributed by atoms with Gasteiger partial charge in [0.1, 0.15) is 0 Å². The van der Waals surface area contributed by atoms with E-state index in [0.29, 0.717) is 84.5 Å². The first kappa shape index (κ1) is 99.7. The lowest BCUT2D eigenvalue weighted by molar-refractivity contribution is -0.132. The van der Waals surface area contributed by atoms with Gasteiger partial charge < -0.3 is 73.4 Å². The zero-order chi connectivity index (χ0) is 97.8. The Morgan fingerprint density at radius 1 is 0.273 bits per heavy atom. The zero-order valence-corrected chi connectivity index (χ0v) is 83.1. The molecule has 5 amide bonds. The molecule has 0 spiro atoms. The molecule has 2 saturated carbocycles. The van der Waals surface area contributed by atoms with Crippen molar-refractivity contribution in [3.05, 3.63) is 266 Å². The lowest BCUT2D eigenvalue weighted by Gasteiger charge is -2.40. The summed E-state index contributed by atoms with van der Waals surface area (Å²) in [6, 6.07) is 61.8. The number of hydrogen-bond acceptors (Lipinski definition) is 25. The van der Waals surface area contributed by atoms with Crippen LogP contribution >= 0.6 is 0 Å². The van der Waals surface area contributed by atoms with Crippen molar-refractivity contribution in [3.63, 3.8) is 0 Å². The number of nitrogens with zero attached hydrogens (tertiary/aromatic N) is 20. The van der Waals surface area contributed by atoms with Gasteiger partial charge in [0.2, 0.25) is 29.5 Å². The number of aliphatic hydroxyl groups is 2. The molecule has 5 aromatic heterocycles. The molecule has 10 fully saturated rings. The fourth-order valence-electron chi connectivity index (χ4n) is 19.7. The molecule has 2 aliphatic carbocycles. The molecule has 10 aromatic rings. The molecule has 20 rings (SSSR count). The molecular formula is C109H138N20O10. The fraction of sp³-hybridized carbons (Fsp3) is 0.495. The summed E-state index contributed by atoms with van der Waals surface area (Å²) in [6.45, 7) is 41.2. The van der Waals surface area contributed by atoms with Crippen LogP contribution in [0.25, 0.3) is 0 Å². The summed E-state index contributed by atoms with van der Waals surface area (Å²) in [5.74, 6) is 5.26. The van der Waals surface area contributed by atoms with Gasteiger partial charge in [0.05, 0.1) is 111 Å². The molecule has 0 unspecified atom stereocenters. The molecule has 0 bridgehead atoms. The van der Waals surface area contributed by atoms with Gasteiger partial charge in [-0.1, -0.05) is 142 Å². The van der Waals surface area contributed by atoms with E-state index >= 15 is 0 Å². The number of aromatic nitrogens is 10. The van der Waals surface area contributed by atoms with Crippen LogP contribution in [0.1, 0.15) is 171 Å². The van der Waals surface area contributed by atoms with E-state index < -0.39 is 11.2 Å². The smallest absolute Gasteiger partial charge is 0.227 e. The predicted octanol–water partition coefficient (Wildman–Crippen LogP) is 11.5. The van der Waals surface area contributed by atoms with Crippen LogP contribution in [0.4, 0.5) is 29.1 Å². The van der Waals surface area contributed by atoms with Gasteiger partial charge in [-0.3, -0.25) is 24.0 Å². The maximum atomic E-state index is 12.8. The quantitative estimate of drug-likeness (QED) is 0.0716. The van der Waals surface area contributed by atoms with E-state index in [0.717, 1.165) is 227 Å². The number of rotatable bonds is 20. The topological polar surface area (TPSA) is 315 Å². The summed E-state index contributed by atoms with van der Waals surface area (Å²) in [5, 5.41) is 63.0. The van der Waals surface area contributed by atoms with E-state index in [4.69, 9.17) is 14.2 Å². The normalized spacial score (nSPS) is 20.8. The second-order valence-corrected chi connectivity index (χ2v) is 40.9. The average Bonchev–Trinajstić information content (AvgIpc) is 0.793. The minimum Gasteiger partial charge on any atom is -0.385 e. The maximum absolute atomic E-state index is 12.8. The van der Waals surface area contributed by atoms with Gasteiger partial charge in [-0.05, 0) is 217 Å². The Morgan fingerprint density at radius 3 is 0.669 bits per heavy atom. The van der Waals surface area contributed by atoms with Crippen molar-refractivity contribution in [3.8, 4) is 0 Å². The highest BCUT2D eigenvalue weighted by Crippen LogP contribution is 2.43. The molecule has 0 radical (unpaired) electrons. The number of amides is 5. The van der Waals surface area contributed by atoms with Crippen LogP contribution < -0.4 is 24.5 Å². The van der Waals surface area contributed by atoms with Crippen LogP contribution in [0.5, 0.6) is 0 Å². The standard InChI is InChI=1S/4C22H28N4O2.C21H26N4O2/c2*1-16-4-9-20(24-23-16)26-11-10-25(13-17(26)2)21(27)12-18-5-7-19(8-6-18)22(3)14-28-15-22;2*1-16-4-9-20(24-23-16)26-13-12-25(15-17(26)2)21(27)14-18-5-7-19(8-6-18)22(28)10-3-11-22;1-16-3-8-19(23-22-16)24-9-11-25(12-10-24)20(26)13-17-4-6-18(7-5-17)21(2)14-27-15-21/h2*4-9,17H,10-15H2,1-3H3;2*4-9,17,28H,3,10-15H2,1-2H3;3-8H,9-15H2,1-2H3/t4*17-;/m1010./s1. The van der Waals surface area contributed by atoms with Gasteiger partial charge in [0.15, 0.2) is 29.1 Å². The lowest BCUT2D eigenvalue weighted by atomic mass is 9.75. The third-order valence-corrected chi connectivity index (χ3v) is 29.6. The van der Waals surface area contributed by atoms with Crippen molar-refractivity contribution in [2.75, 3.05) is 169 Å². The summed E-state index contributed by atoms with van der Waals surface area (Å²) in [6.07, 6.45) is 7.64. The first-order valence-corrected chi connectivity index (χ1v) is 49.7. The van der Waals surface area contributed by atoms with E-state index in [1.165, 1.54) is 16.7 Å². The number of benzene rings is 5. The fourth-order valence-corrected chi connectivity index (χ4v) is 19.7. The highest BCUT2D eigenvalue weighted by molar-refractivity contribution is 5.82. The van der Waals surface area contributed by atoms with E-state index in [9.17, 15) is 34.2 Å². The maximum Gasteiger partial charge on any atom is 0.227 e. The number of anilines is 5. The van der Waals surface area contributed by atoms with Gasteiger partial charge in [0, 0.05) is 145 Å². The molecule has 5 aromatic carbocycles. The second kappa shape index (κ2) is 44.0. The SMILES string of the molecule is Cc1ccc(N2CCN(C(=O)Cc3ccc(C4(C)COC4)cc3)CC2)nn1.Cc1ccc(N2CCN(C(=O)Cc3ccc(C4(C)COC4)cc3)C[C@@H]2C)nn1.Cc1ccc(N2CCN(C(=O)Cc3ccc(C4(C)COC4)cc3)C[C@H]2C)nn1.Cc1ccc(N2CCN(C(=O)Cc3ccc(C4(O)CCC4)cc3)C[C@@H]2C)nn1.Cc1ccc(N2CCN(C(=O)Cc3ccc(C4(O)CCC4)cc3)C[C@H]2C)nn1. The van der Waals surface area contributed by atoms with Gasteiger partial charge in [0.25, 0.3) is 0 Å². The van der Waals surface area contributed by atoms with Gasteiger partial charge in [-0.15, -0.1) is 25.5 Å². The Hall–Kier alpha value is -12.4. The molecule has 30 nitrogen and oxygen atoms in total. The second-order valence-electron chi connectivity index (χ2n) is 40.9. The Balaban J connectivity index is 0.000000125. The average molecular weight is 1890 g/mol. The number of carbonyl (C=O) groups excluding carboxylic acids is 5. The number of piperazine rings is 5. The van der Waals surface area contributed by atoms with Crippen LogP contribution in [0, 0.1) is 34.6 Å². The molecule has 10 aliphatic rings. The third kappa shape index (κ3) is 24.6. The van der Waals surface area contributed by atoms with Gasteiger partial charge in [-0.25, -0.2) is 0 Å². The first-order chi connectivity index (χ1) is 66.8. The summed E-state index contributed by atoms with van der Waals surface area (Å²) in [7, 11) is 0. The van der Waals surface area contributed by atoms with Gasteiger partial charge >= 0.3 is 0 Å². The molecule has 2 N–H and O–H groups in total. The Bertz CT molecular complexity index is 5190. The van der Waals surface area contributed by atoms with Crippen LogP contribution in [0.3, 0.4) is 0 Å². The molecule has 4 atom stereocenters. The van der Waals surface area contributed by atoms with Crippen LogP contribution in [0.2, 0.25) is 0 Å². The monoisotopic (exact) mass is 1890 g/mol. The minimum atomic E-state index is -0.646. The summed E-state index contributed by atoms with van der Waals surface area (Å²) in [5.41, 5.74) is 14.7. The molecule has 13 heterocycles. The Morgan fingerprint density at radius 2 is 0.482 bits per heavy atom. The van der Waals surface area contributed by atoms with Crippen molar-refractivity contribution in [1.29, 1.82) is 0 Å². The highest BCUT2D eigenvalue weighted by atomic mass is 16.5. The molecule has 8 saturated heterocycles. The predicted molar refractivity (Wildman–Crippen MR) is 537 cm³/mol. The number of aryl methyl sites for hydroxylation is 5. The van der Waals surface area contributed by atoms with Crippen LogP contribution in [-0.4, -0.2) is 284 Å². The van der Waals surface area contributed by atoms with Crippen molar-refractivity contribution in [2.24, 2.45) is 0 Å². The van der Waals surface area contributed by atoms with Crippen molar-refractivity contribution < 1.29 is 48.4 Å².